The monoisotopic (exact) mass is 340 g/mol. The summed E-state index contributed by atoms with van der Waals surface area (Å²) in [6.07, 6.45) is 4.54. The Balaban J connectivity index is 1.41. The van der Waals surface area contributed by atoms with Gasteiger partial charge in [0.1, 0.15) is 6.04 Å². The highest BCUT2D eigenvalue weighted by molar-refractivity contribution is 6.04. The van der Waals surface area contributed by atoms with Gasteiger partial charge in [-0.25, -0.2) is 4.79 Å². The maximum atomic E-state index is 12.7. The van der Waals surface area contributed by atoms with Gasteiger partial charge in [-0.1, -0.05) is 6.07 Å². The molecule has 1 saturated carbocycles. The zero-order chi connectivity index (χ0) is 17.4. The number of aromatic nitrogens is 1. The van der Waals surface area contributed by atoms with Crippen LogP contribution in [0.5, 0.6) is 0 Å². The Morgan fingerprint density at radius 2 is 2.04 bits per heavy atom. The topological polar surface area (TPSA) is 94.3 Å². The zero-order valence-corrected chi connectivity index (χ0v) is 13.7. The lowest BCUT2D eigenvalue weighted by Crippen LogP contribution is -2.35. The van der Waals surface area contributed by atoms with Crippen LogP contribution < -0.4 is 10.6 Å². The van der Waals surface area contributed by atoms with Gasteiger partial charge in [0.05, 0.1) is 0 Å². The van der Waals surface area contributed by atoms with Crippen molar-refractivity contribution in [2.24, 2.45) is 0 Å². The third-order valence-electron chi connectivity index (χ3n) is 4.78. The van der Waals surface area contributed by atoms with Crippen molar-refractivity contribution in [1.29, 1.82) is 0 Å². The maximum Gasteiger partial charge on any atom is 0.322 e. The van der Waals surface area contributed by atoms with E-state index in [-0.39, 0.29) is 18.2 Å². The van der Waals surface area contributed by atoms with Crippen molar-refractivity contribution in [2.45, 2.75) is 44.3 Å². The molecule has 1 saturated heterocycles. The van der Waals surface area contributed by atoms with Gasteiger partial charge in [-0.2, -0.15) is 0 Å². The first-order valence-electron chi connectivity index (χ1n) is 8.57. The first-order chi connectivity index (χ1) is 12.1. The number of hydrogen-bond acceptors (Lipinski definition) is 3. The summed E-state index contributed by atoms with van der Waals surface area (Å²) >= 11 is 0. The Morgan fingerprint density at radius 3 is 2.76 bits per heavy atom. The minimum Gasteiger partial charge on any atom is -0.361 e. The van der Waals surface area contributed by atoms with Crippen molar-refractivity contribution in [2.75, 3.05) is 0 Å². The van der Waals surface area contributed by atoms with Gasteiger partial charge >= 0.3 is 6.03 Å². The van der Waals surface area contributed by atoms with Gasteiger partial charge < -0.3 is 15.2 Å². The molecule has 7 nitrogen and oxygen atoms in total. The molecule has 2 heterocycles. The van der Waals surface area contributed by atoms with E-state index in [9.17, 15) is 14.4 Å². The second kappa shape index (κ2) is 6.23. The molecular weight excluding hydrogens is 320 g/mol. The smallest absolute Gasteiger partial charge is 0.322 e. The Bertz CT molecular complexity index is 840. The molecule has 0 bridgehead atoms. The van der Waals surface area contributed by atoms with E-state index >= 15 is 0 Å². The van der Waals surface area contributed by atoms with Crippen molar-refractivity contribution >= 4 is 28.7 Å². The molecule has 0 radical (unpaired) electrons. The van der Waals surface area contributed by atoms with Gasteiger partial charge in [-0.15, -0.1) is 0 Å². The van der Waals surface area contributed by atoms with Crippen LogP contribution in [0.2, 0.25) is 0 Å². The second-order valence-electron chi connectivity index (χ2n) is 6.71. The molecule has 7 heteroatoms. The number of carbonyl (C=O) groups is 3. The van der Waals surface area contributed by atoms with E-state index in [2.05, 4.69) is 21.7 Å². The highest BCUT2D eigenvalue weighted by Gasteiger charge is 2.34. The maximum absolute atomic E-state index is 12.7. The van der Waals surface area contributed by atoms with E-state index in [1.807, 2.05) is 29.3 Å². The highest BCUT2D eigenvalue weighted by Crippen LogP contribution is 2.30. The lowest BCUT2D eigenvalue weighted by atomic mass is 10.1. The fraction of sp³-hybridized carbons (Fsp3) is 0.389. The number of rotatable bonds is 6. The molecule has 1 aliphatic heterocycles. The number of amides is 4. The molecule has 4 amide bonds. The van der Waals surface area contributed by atoms with E-state index in [0.29, 0.717) is 19.0 Å². The van der Waals surface area contributed by atoms with Gasteiger partial charge in [0.25, 0.3) is 5.91 Å². The van der Waals surface area contributed by atoms with Crippen LogP contribution in [-0.2, 0) is 16.1 Å². The lowest BCUT2D eigenvalue weighted by Gasteiger charge is -2.23. The van der Waals surface area contributed by atoms with Crippen molar-refractivity contribution in [1.82, 2.24) is 20.5 Å². The largest absolute Gasteiger partial charge is 0.361 e. The van der Waals surface area contributed by atoms with E-state index in [1.165, 1.54) is 0 Å². The van der Waals surface area contributed by atoms with E-state index in [1.54, 1.807) is 0 Å². The average Bonchev–Trinajstić information content (AvgIpc) is 3.23. The molecule has 0 unspecified atom stereocenters. The lowest BCUT2D eigenvalue weighted by molar-refractivity contribution is -0.132. The normalized spacial score (nSPS) is 19.8. The summed E-state index contributed by atoms with van der Waals surface area (Å²) in [4.78, 5) is 40.5. The molecule has 2 aromatic rings. The highest BCUT2D eigenvalue weighted by atomic mass is 16.2. The summed E-state index contributed by atoms with van der Waals surface area (Å²) in [5, 5.41) is 5.86. The number of benzene rings is 1. The van der Waals surface area contributed by atoms with Crippen molar-refractivity contribution in [3.8, 4) is 0 Å². The van der Waals surface area contributed by atoms with Crippen LogP contribution in [0, 0.1) is 0 Å². The van der Waals surface area contributed by atoms with Crippen LogP contribution in [0.15, 0.2) is 30.5 Å². The van der Waals surface area contributed by atoms with Gasteiger partial charge in [-0.3, -0.25) is 14.9 Å². The number of H-pyrrole nitrogens is 1. The number of nitrogens with zero attached hydrogens (tertiary/aromatic N) is 1. The first kappa shape index (κ1) is 15.7. The molecule has 4 rings (SSSR count). The first-order valence-corrected chi connectivity index (χ1v) is 8.57. The fourth-order valence-corrected chi connectivity index (χ4v) is 3.28. The molecular formula is C18H20N4O3. The third-order valence-corrected chi connectivity index (χ3v) is 4.78. The number of nitrogens with one attached hydrogen (secondary N) is 3. The summed E-state index contributed by atoms with van der Waals surface area (Å²) in [6.45, 7) is 0.577. The van der Waals surface area contributed by atoms with Gasteiger partial charge in [0.2, 0.25) is 5.91 Å². The molecule has 3 N–H and O–H groups in total. The predicted octanol–water partition coefficient (Wildman–Crippen LogP) is 1.65. The molecule has 0 spiro atoms. The van der Waals surface area contributed by atoms with Crippen molar-refractivity contribution < 1.29 is 14.4 Å². The van der Waals surface area contributed by atoms with Crippen LogP contribution in [0.1, 0.15) is 31.2 Å². The minimum absolute atomic E-state index is 0.0330. The summed E-state index contributed by atoms with van der Waals surface area (Å²) in [5.74, 6) is -0.320. The molecule has 2 aliphatic rings. The van der Waals surface area contributed by atoms with Crippen LogP contribution in [0.25, 0.3) is 10.9 Å². The SMILES string of the molecule is O=C1NC(=O)[C@@H](CCC(=O)N(Cc2ccc3[nH]ccc3c2)C2CC2)N1. The van der Waals surface area contributed by atoms with Gasteiger partial charge in [0.15, 0.2) is 0 Å². The van der Waals surface area contributed by atoms with Crippen LogP contribution >= 0.6 is 0 Å². The summed E-state index contributed by atoms with van der Waals surface area (Å²) in [5.41, 5.74) is 2.18. The molecule has 1 atom stereocenters. The van der Waals surface area contributed by atoms with Crippen molar-refractivity contribution in [3.05, 3.63) is 36.0 Å². The number of imide groups is 1. The molecule has 2 fully saturated rings. The number of urea groups is 1. The van der Waals surface area contributed by atoms with E-state index in [0.717, 1.165) is 29.3 Å². The number of carbonyl (C=O) groups excluding carboxylic acids is 3. The Hall–Kier alpha value is -2.83. The predicted molar refractivity (Wildman–Crippen MR) is 91.6 cm³/mol. The standard InChI is InChI=1S/C18H20N4O3/c23-16(6-5-15-17(24)21-18(25)20-15)22(13-2-3-13)10-11-1-4-14-12(9-11)7-8-19-14/h1,4,7-9,13,15,19H,2-3,5-6,10H2,(H2,20,21,24,25)/t15-/m1/s1. The molecule has 25 heavy (non-hydrogen) atoms. The number of hydrogen-bond donors (Lipinski definition) is 3. The zero-order valence-electron chi connectivity index (χ0n) is 13.7. The summed E-state index contributed by atoms with van der Waals surface area (Å²) in [7, 11) is 0. The van der Waals surface area contributed by atoms with Crippen molar-refractivity contribution in [3.63, 3.8) is 0 Å². The quantitative estimate of drug-likeness (QED) is 0.698. The van der Waals surface area contributed by atoms with E-state index in [4.69, 9.17) is 0 Å². The van der Waals surface area contributed by atoms with Gasteiger partial charge in [0, 0.05) is 30.7 Å². The summed E-state index contributed by atoms with van der Waals surface area (Å²) < 4.78 is 0. The molecule has 130 valence electrons. The average molecular weight is 340 g/mol. The molecule has 1 aliphatic carbocycles. The molecule has 1 aromatic carbocycles. The van der Waals surface area contributed by atoms with Crippen LogP contribution in [0.4, 0.5) is 4.79 Å². The Labute approximate surface area is 144 Å². The fourth-order valence-electron chi connectivity index (χ4n) is 3.28. The number of aromatic amines is 1. The Morgan fingerprint density at radius 1 is 1.20 bits per heavy atom. The number of fused-ring (bicyclic) bond motifs is 1. The van der Waals surface area contributed by atoms with E-state index < -0.39 is 12.1 Å². The van der Waals surface area contributed by atoms with Crippen LogP contribution in [-0.4, -0.2) is 39.8 Å². The van der Waals surface area contributed by atoms with Crippen LogP contribution in [0.3, 0.4) is 0 Å². The third kappa shape index (κ3) is 3.35. The second-order valence-corrected chi connectivity index (χ2v) is 6.71. The minimum atomic E-state index is -0.603. The Kier molecular flexibility index (Phi) is 3.91. The molecule has 1 aromatic heterocycles. The summed E-state index contributed by atoms with van der Waals surface area (Å²) in [6, 6.07) is 7.38. The van der Waals surface area contributed by atoms with Gasteiger partial charge in [-0.05, 0) is 48.4 Å².